The molecule has 18 heavy (non-hydrogen) atoms. The number of nitrogens with zero attached hydrogens (tertiary/aromatic N) is 3. The standard InChI is InChI=1S/C12H22N4O2/c1-8(2)10(11(17)18)13-6-9-7-16(15-14-9)12(3,4)5/h7-8,10,13H,6H2,1-5H3,(H,17,18). The molecule has 6 nitrogen and oxygen atoms in total. The van der Waals surface area contributed by atoms with Gasteiger partial charge in [-0.15, -0.1) is 5.10 Å². The molecule has 0 fully saturated rings. The Kier molecular flexibility index (Phi) is 4.45. The van der Waals surface area contributed by atoms with Crippen LogP contribution >= 0.6 is 0 Å². The lowest BCUT2D eigenvalue weighted by Gasteiger charge is -2.18. The van der Waals surface area contributed by atoms with Crippen LogP contribution in [0.4, 0.5) is 0 Å². The minimum atomic E-state index is -0.840. The van der Waals surface area contributed by atoms with Crippen LogP contribution in [0, 0.1) is 5.92 Å². The van der Waals surface area contributed by atoms with Crippen LogP contribution in [0.15, 0.2) is 6.20 Å². The molecule has 6 heteroatoms. The maximum atomic E-state index is 11.0. The van der Waals surface area contributed by atoms with E-state index in [0.29, 0.717) is 6.54 Å². The van der Waals surface area contributed by atoms with E-state index in [2.05, 4.69) is 15.6 Å². The first kappa shape index (κ1) is 14.6. The van der Waals surface area contributed by atoms with E-state index in [1.165, 1.54) is 0 Å². The van der Waals surface area contributed by atoms with Crippen molar-refractivity contribution in [2.45, 2.75) is 52.7 Å². The second-order valence-electron chi connectivity index (χ2n) is 5.77. The van der Waals surface area contributed by atoms with E-state index >= 15 is 0 Å². The minimum Gasteiger partial charge on any atom is -0.480 e. The van der Waals surface area contributed by atoms with E-state index in [4.69, 9.17) is 5.11 Å². The molecular formula is C12H22N4O2. The topological polar surface area (TPSA) is 80.0 Å². The summed E-state index contributed by atoms with van der Waals surface area (Å²) in [5, 5.41) is 20.1. The molecule has 0 bridgehead atoms. The summed E-state index contributed by atoms with van der Waals surface area (Å²) in [6.07, 6.45) is 1.84. The molecule has 1 unspecified atom stereocenters. The summed E-state index contributed by atoms with van der Waals surface area (Å²) >= 11 is 0. The SMILES string of the molecule is CC(C)C(NCc1cn(C(C)(C)C)nn1)C(=O)O. The molecule has 0 saturated heterocycles. The lowest BCUT2D eigenvalue weighted by Crippen LogP contribution is -2.40. The predicted molar refractivity (Wildman–Crippen MR) is 68.1 cm³/mol. The quantitative estimate of drug-likeness (QED) is 0.826. The number of hydrogen-bond acceptors (Lipinski definition) is 4. The van der Waals surface area contributed by atoms with Crippen LogP contribution in [0.2, 0.25) is 0 Å². The highest BCUT2D eigenvalue weighted by Gasteiger charge is 2.21. The van der Waals surface area contributed by atoms with Gasteiger partial charge in [0.1, 0.15) is 6.04 Å². The summed E-state index contributed by atoms with van der Waals surface area (Å²) in [6.45, 7) is 10.3. The number of hydrogen-bond donors (Lipinski definition) is 2. The summed E-state index contributed by atoms with van der Waals surface area (Å²) in [6, 6.07) is -0.565. The van der Waals surface area contributed by atoms with Crippen LogP contribution in [0.25, 0.3) is 0 Å². The molecule has 0 aliphatic rings. The fourth-order valence-corrected chi connectivity index (χ4v) is 1.53. The van der Waals surface area contributed by atoms with Gasteiger partial charge in [0.2, 0.25) is 0 Å². The molecule has 1 atom stereocenters. The molecule has 0 radical (unpaired) electrons. The summed E-state index contributed by atoms with van der Waals surface area (Å²) in [7, 11) is 0. The Morgan fingerprint density at radius 3 is 2.50 bits per heavy atom. The number of carbonyl (C=O) groups is 1. The van der Waals surface area contributed by atoms with Gasteiger partial charge in [-0.25, -0.2) is 4.68 Å². The third-order valence-electron chi connectivity index (χ3n) is 2.66. The lowest BCUT2D eigenvalue weighted by atomic mass is 10.0. The van der Waals surface area contributed by atoms with Gasteiger partial charge in [0.25, 0.3) is 0 Å². The van der Waals surface area contributed by atoms with Gasteiger partial charge in [-0.3, -0.25) is 10.1 Å². The third kappa shape index (κ3) is 3.80. The Bertz CT molecular complexity index is 406. The zero-order valence-corrected chi connectivity index (χ0v) is 11.6. The van der Waals surface area contributed by atoms with Crippen LogP contribution in [0.1, 0.15) is 40.3 Å². The Hall–Kier alpha value is -1.43. The number of aromatic nitrogens is 3. The van der Waals surface area contributed by atoms with Crippen molar-refractivity contribution < 1.29 is 9.90 Å². The van der Waals surface area contributed by atoms with Crippen LogP contribution in [0.3, 0.4) is 0 Å². The summed E-state index contributed by atoms with van der Waals surface area (Å²) in [4.78, 5) is 11.0. The number of rotatable bonds is 5. The molecule has 0 aliphatic carbocycles. The second kappa shape index (κ2) is 5.48. The number of nitrogens with one attached hydrogen (secondary N) is 1. The molecule has 2 N–H and O–H groups in total. The van der Waals surface area contributed by atoms with Gasteiger partial charge in [-0.1, -0.05) is 19.1 Å². The Labute approximate surface area is 107 Å². The fourth-order valence-electron chi connectivity index (χ4n) is 1.53. The molecule has 0 aliphatic heterocycles. The summed E-state index contributed by atoms with van der Waals surface area (Å²) in [5.41, 5.74) is 0.631. The number of carboxylic acid groups (broad SMARTS) is 1. The number of aliphatic carboxylic acids is 1. The first-order valence-corrected chi connectivity index (χ1v) is 6.09. The van der Waals surface area contributed by atoms with E-state index in [1.807, 2.05) is 40.8 Å². The van der Waals surface area contributed by atoms with E-state index in [9.17, 15) is 4.79 Å². The minimum absolute atomic E-state index is 0.0279. The van der Waals surface area contributed by atoms with Crippen LogP contribution in [-0.2, 0) is 16.9 Å². The van der Waals surface area contributed by atoms with Gasteiger partial charge in [0.15, 0.2) is 0 Å². The highest BCUT2D eigenvalue weighted by atomic mass is 16.4. The van der Waals surface area contributed by atoms with E-state index in [1.54, 1.807) is 4.68 Å². The molecule has 0 saturated carbocycles. The lowest BCUT2D eigenvalue weighted by molar-refractivity contribution is -0.140. The average molecular weight is 254 g/mol. The molecule has 1 aromatic heterocycles. The van der Waals surface area contributed by atoms with Gasteiger partial charge in [0, 0.05) is 6.54 Å². The van der Waals surface area contributed by atoms with E-state index < -0.39 is 12.0 Å². The predicted octanol–water partition coefficient (Wildman–Crippen LogP) is 1.23. The molecule has 0 spiro atoms. The maximum Gasteiger partial charge on any atom is 0.320 e. The average Bonchev–Trinajstić information content (AvgIpc) is 2.64. The van der Waals surface area contributed by atoms with Crippen molar-refractivity contribution in [3.05, 3.63) is 11.9 Å². The van der Waals surface area contributed by atoms with Crippen LogP contribution in [-0.4, -0.2) is 32.1 Å². The molecule has 1 rings (SSSR count). The first-order chi connectivity index (χ1) is 8.21. The van der Waals surface area contributed by atoms with Crippen LogP contribution < -0.4 is 5.32 Å². The molecular weight excluding hydrogens is 232 g/mol. The molecule has 1 heterocycles. The Morgan fingerprint density at radius 1 is 1.50 bits per heavy atom. The van der Waals surface area contributed by atoms with Gasteiger partial charge in [-0.05, 0) is 26.7 Å². The molecule has 0 amide bonds. The zero-order valence-electron chi connectivity index (χ0n) is 11.6. The zero-order chi connectivity index (χ0) is 13.9. The number of carboxylic acids is 1. The van der Waals surface area contributed by atoms with Crippen molar-refractivity contribution in [1.82, 2.24) is 20.3 Å². The highest BCUT2D eigenvalue weighted by Crippen LogP contribution is 2.12. The first-order valence-electron chi connectivity index (χ1n) is 6.09. The maximum absolute atomic E-state index is 11.0. The smallest absolute Gasteiger partial charge is 0.320 e. The van der Waals surface area contributed by atoms with Gasteiger partial charge in [-0.2, -0.15) is 0 Å². The van der Waals surface area contributed by atoms with Crippen molar-refractivity contribution in [2.24, 2.45) is 5.92 Å². The monoisotopic (exact) mass is 254 g/mol. The largest absolute Gasteiger partial charge is 0.480 e. The molecule has 102 valence electrons. The highest BCUT2D eigenvalue weighted by molar-refractivity contribution is 5.73. The normalized spacial score (nSPS) is 13.9. The van der Waals surface area contributed by atoms with E-state index in [0.717, 1.165) is 5.69 Å². The summed E-state index contributed by atoms with van der Waals surface area (Å²) < 4.78 is 1.77. The van der Waals surface area contributed by atoms with Crippen molar-refractivity contribution in [3.63, 3.8) is 0 Å². The summed E-state index contributed by atoms with van der Waals surface area (Å²) in [5.74, 6) is -0.812. The van der Waals surface area contributed by atoms with Gasteiger partial charge >= 0.3 is 5.97 Å². The molecule has 0 aromatic carbocycles. The Morgan fingerprint density at radius 2 is 2.11 bits per heavy atom. The van der Waals surface area contributed by atoms with Crippen molar-refractivity contribution in [1.29, 1.82) is 0 Å². The third-order valence-corrected chi connectivity index (χ3v) is 2.66. The van der Waals surface area contributed by atoms with Crippen molar-refractivity contribution >= 4 is 5.97 Å². The fraction of sp³-hybridized carbons (Fsp3) is 0.750. The van der Waals surface area contributed by atoms with Crippen molar-refractivity contribution in [3.8, 4) is 0 Å². The van der Waals surface area contributed by atoms with Crippen molar-refractivity contribution in [2.75, 3.05) is 0 Å². The van der Waals surface area contributed by atoms with Crippen LogP contribution in [0.5, 0.6) is 0 Å². The van der Waals surface area contributed by atoms with Gasteiger partial charge in [0.05, 0.1) is 17.4 Å². The molecule has 1 aromatic rings. The second-order valence-corrected chi connectivity index (χ2v) is 5.77. The van der Waals surface area contributed by atoms with Gasteiger partial charge < -0.3 is 5.11 Å². The Balaban J connectivity index is 2.63. The van der Waals surface area contributed by atoms with E-state index in [-0.39, 0.29) is 11.5 Å².